The fourth-order valence-electron chi connectivity index (χ4n) is 1.77. The lowest BCUT2D eigenvalue weighted by atomic mass is 10.2. The molecule has 0 fully saturated rings. The number of hydrogen-bond donors (Lipinski definition) is 0. The monoisotopic (exact) mass is 398 g/mol. The minimum atomic E-state index is 0.969. The van der Waals surface area contributed by atoms with E-state index in [0.29, 0.717) is 0 Å². The number of imidazole rings is 1. The van der Waals surface area contributed by atoms with E-state index in [9.17, 15) is 0 Å². The van der Waals surface area contributed by atoms with Crippen LogP contribution in [0.5, 0.6) is 0 Å². The molecule has 0 amide bonds. The third kappa shape index (κ3) is 1.99. The predicted octanol–water partition coefficient (Wildman–Crippen LogP) is 4.37. The SMILES string of the molecule is Brc1ccc2nc(-c3ccccc3)c(I)n2c1. The second-order valence-electron chi connectivity index (χ2n) is 3.69. The second kappa shape index (κ2) is 4.42. The Morgan fingerprint density at radius 2 is 1.82 bits per heavy atom. The Labute approximate surface area is 121 Å². The van der Waals surface area contributed by atoms with Gasteiger partial charge in [0.05, 0.1) is 0 Å². The summed E-state index contributed by atoms with van der Waals surface area (Å²) in [6.07, 6.45) is 2.04. The van der Waals surface area contributed by atoms with Crippen LogP contribution in [-0.2, 0) is 0 Å². The van der Waals surface area contributed by atoms with Crippen LogP contribution in [0.15, 0.2) is 53.1 Å². The van der Waals surface area contributed by atoms with Gasteiger partial charge in [0, 0.05) is 16.2 Å². The highest BCUT2D eigenvalue weighted by Gasteiger charge is 2.10. The molecule has 0 unspecified atom stereocenters. The zero-order chi connectivity index (χ0) is 11.8. The maximum absolute atomic E-state index is 4.66. The molecule has 2 nitrogen and oxygen atoms in total. The Morgan fingerprint density at radius 1 is 1.06 bits per heavy atom. The van der Waals surface area contributed by atoms with Crippen LogP contribution in [0.4, 0.5) is 0 Å². The lowest BCUT2D eigenvalue weighted by Crippen LogP contribution is -1.86. The van der Waals surface area contributed by atoms with Gasteiger partial charge in [-0.25, -0.2) is 4.98 Å². The van der Waals surface area contributed by atoms with E-state index >= 15 is 0 Å². The minimum Gasteiger partial charge on any atom is -0.293 e. The van der Waals surface area contributed by atoms with E-state index in [-0.39, 0.29) is 0 Å². The quantitative estimate of drug-likeness (QED) is 0.556. The topological polar surface area (TPSA) is 17.3 Å². The van der Waals surface area contributed by atoms with Gasteiger partial charge >= 0.3 is 0 Å². The van der Waals surface area contributed by atoms with Crippen molar-refractivity contribution in [3.63, 3.8) is 0 Å². The van der Waals surface area contributed by atoms with Crippen molar-refractivity contribution in [3.8, 4) is 11.3 Å². The number of fused-ring (bicyclic) bond motifs is 1. The third-order valence-corrected chi connectivity index (χ3v) is 4.07. The molecule has 1 aromatic carbocycles. The molecule has 0 aliphatic rings. The van der Waals surface area contributed by atoms with Gasteiger partial charge in [0.25, 0.3) is 0 Å². The lowest BCUT2D eigenvalue weighted by molar-refractivity contribution is 1.14. The predicted molar refractivity (Wildman–Crippen MR) is 81.0 cm³/mol. The van der Waals surface area contributed by atoms with Gasteiger partial charge in [-0.3, -0.25) is 4.40 Å². The van der Waals surface area contributed by atoms with Gasteiger partial charge in [-0.15, -0.1) is 0 Å². The number of hydrogen-bond acceptors (Lipinski definition) is 1. The van der Waals surface area contributed by atoms with Crippen LogP contribution in [0.2, 0.25) is 0 Å². The zero-order valence-corrected chi connectivity index (χ0v) is 12.5. The number of aromatic nitrogens is 2. The Balaban J connectivity index is 2.28. The van der Waals surface area contributed by atoms with E-state index < -0.39 is 0 Å². The van der Waals surface area contributed by atoms with Crippen molar-refractivity contribution in [2.45, 2.75) is 0 Å². The molecule has 0 radical (unpaired) electrons. The molecule has 4 heteroatoms. The first-order valence-electron chi connectivity index (χ1n) is 5.14. The molecule has 3 rings (SSSR count). The third-order valence-electron chi connectivity index (χ3n) is 2.57. The van der Waals surface area contributed by atoms with Crippen LogP contribution in [0.1, 0.15) is 0 Å². The first kappa shape index (κ1) is 11.2. The Morgan fingerprint density at radius 3 is 2.59 bits per heavy atom. The normalized spacial score (nSPS) is 10.9. The van der Waals surface area contributed by atoms with Crippen LogP contribution >= 0.6 is 38.5 Å². The molecule has 3 aromatic rings. The van der Waals surface area contributed by atoms with Crippen LogP contribution in [0, 0.1) is 3.70 Å². The number of nitrogens with zero attached hydrogens (tertiary/aromatic N) is 2. The summed E-state index contributed by atoms with van der Waals surface area (Å²) in [5.74, 6) is 0. The summed E-state index contributed by atoms with van der Waals surface area (Å²) in [6, 6.07) is 14.3. The average molecular weight is 399 g/mol. The minimum absolute atomic E-state index is 0.969. The first-order chi connectivity index (χ1) is 8.25. The van der Waals surface area contributed by atoms with Gasteiger partial charge in [-0.1, -0.05) is 30.3 Å². The van der Waals surface area contributed by atoms with Crippen molar-refractivity contribution in [1.82, 2.24) is 9.38 Å². The highest BCUT2D eigenvalue weighted by Crippen LogP contribution is 2.26. The molecule has 2 aromatic heterocycles. The largest absolute Gasteiger partial charge is 0.293 e. The molecule has 2 heterocycles. The van der Waals surface area contributed by atoms with Gasteiger partial charge < -0.3 is 0 Å². The molecule has 0 spiro atoms. The molecule has 0 aliphatic heterocycles. The summed E-state index contributed by atoms with van der Waals surface area (Å²) in [5, 5.41) is 0. The van der Waals surface area contributed by atoms with Gasteiger partial charge in [-0.05, 0) is 50.7 Å². The van der Waals surface area contributed by atoms with Crippen molar-refractivity contribution in [3.05, 3.63) is 56.8 Å². The van der Waals surface area contributed by atoms with Crippen LogP contribution in [-0.4, -0.2) is 9.38 Å². The number of benzene rings is 1. The highest BCUT2D eigenvalue weighted by atomic mass is 127. The molecular weight excluding hydrogens is 391 g/mol. The summed E-state index contributed by atoms with van der Waals surface area (Å²) in [4.78, 5) is 4.66. The van der Waals surface area contributed by atoms with E-state index in [1.54, 1.807) is 0 Å². The van der Waals surface area contributed by atoms with Crippen molar-refractivity contribution in [1.29, 1.82) is 0 Å². The first-order valence-corrected chi connectivity index (χ1v) is 7.01. The molecule has 84 valence electrons. The van der Waals surface area contributed by atoms with Crippen LogP contribution in [0.25, 0.3) is 16.9 Å². The molecule has 0 aliphatic carbocycles. The smallest absolute Gasteiger partial charge is 0.138 e. The van der Waals surface area contributed by atoms with Crippen molar-refractivity contribution >= 4 is 44.2 Å². The molecule has 0 saturated heterocycles. The summed E-state index contributed by atoms with van der Waals surface area (Å²) >= 11 is 5.81. The van der Waals surface area contributed by atoms with Gasteiger partial charge in [0.1, 0.15) is 15.0 Å². The molecule has 0 bridgehead atoms. The number of halogens is 2. The van der Waals surface area contributed by atoms with Gasteiger partial charge in [0.15, 0.2) is 0 Å². The van der Waals surface area contributed by atoms with Gasteiger partial charge in [0.2, 0.25) is 0 Å². The van der Waals surface area contributed by atoms with E-state index in [1.165, 1.54) is 0 Å². The molecule has 17 heavy (non-hydrogen) atoms. The molecule has 0 saturated carbocycles. The van der Waals surface area contributed by atoms with E-state index in [2.05, 4.69) is 60.0 Å². The zero-order valence-electron chi connectivity index (χ0n) is 8.77. The summed E-state index contributed by atoms with van der Waals surface area (Å²) < 4.78 is 4.28. The highest BCUT2D eigenvalue weighted by molar-refractivity contribution is 14.1. The van der Waals surface area contributed by atoms with E-state index in [4.69, 9.17) is 0 Å². The molecular formula is C13H8BrIN2. The van der Waals surface area contributed by atoms with Crippen LogP contribution < -0.4 is 0 Å². The summed E-state index contributed by atoms with van der Waals surface area (Å²) in [5.41, 5.74) is 3.15. The maximum Gasteiger partial charge on any atom is 0.138 e. The van der Waals surface area contributed by atoms with E-state index in [1.807, 2.05) is 36.5 Å². The Bertz CT molecular complexity index is 676. The Kier molecular flexibility index (Phi) is 2.92. The fourth-order valence-corrected chi connectivity index (χ4v) is 2.93. The van der Waals surface area contributed by atoms with Crippen molar-refractivity contribution in [2.24, 2.45) is 0 Å². The van der Waals surface area contributed by atoms with Crippen LogP contribution in [0.3, 0.4) is 0 Å². The second-order valence-corrected chi connectivity index (χ2v) is 5.63. The fraction of sp³-hybridized carbons (Fsp3) is 0. The number of rotatable bonds is 1. The van der Waals surface area contributed by atoms with Gasteiger partial charge in [-0.2, -0.15) is 0 Å². The maximum atomic E-state index is 4.66. The molecule has 0 N–H and O–H groups in total. The lowest BCUT2D eigenvalue weighted by Gasteiger charge is -1.97. The molecule has 0 atom stereocenters. The standard InChI is InChI=1S/C13H8BrIN2/c14-10-6-7-11-16-12(13(15)17(11)8-10)9-4-2-1-3-5-9/h1-8H. The summed E-state index contributed by atoms with van der Waals surface area (Å²) in [6.45, 7) is 0. The summed E-state index contributed by atoms with van der Waals surface area (Å²) in [7, 11) is 0. The average Bonchev–Trinajstić information content (AvgIpc) is 2.68. The van der Waals surface area contributed by atoms with Crippen molar-refractivity contribution < 1.29 is 0 Å². The van der Waals surface area contributed by atoms with Crippen molar-refractivity contribution in [2.75, 3.05) is 0 Å². The number of pyridine rings is 1. The van der Waals surface area contributed by atoms with E-state index in [0.717, 1.165) is 25.1 Å². The Hall–Kier alpha value is -0.880.